The number of amides is 3. The summed E-state index contributed by atoms with van der Waals surface area (Å²) in [6.45, 7) is 5.13. The molecule has 3 N–H and O–H groups in total. The molecule has 1 aromatic rings. The van der Waals surface area contributed by atoms with Gasteiger partial charge in [-0.25, -0.2) is 10.2 Å². The summed E-state index contributed by atoms with van der Waals surface area (Å²) in [6.07, 6.45) is 0.933. The Kier molecular flexibility index (Phi) is 8.94. The normalized spacial score (nSPS) is 10.6. The number of carbonyl (C=O) groups excluding carboxylic acids is 4. The van der Waals surface area contributed by atoms with Crippen LogP contribution in [0.15, 0.2) is 24.3 Å². The minimum atomic E-state index is -0.767. The van der Waals surface area contributed by atoms with E-state index in [2.05, 4.69) is 20.9 Å². The molecule has 28 heavy (non-hydrogen) atoms. The maximum atomic E-state index is 12.0. The Morgan fingerprint density at radius 2 is 1.54 bits per heavy atom. The standard InChI is InChI=1S/C19H27N3O6/c1-19(2,3)28-18(26)22-21-17(25)13-9-11-14(12-10-13)20-15(23)7-5-6-8-16(24)27-4/h9-12H,5-8H2,1-4H3,(H,20,23)(H,21,25)(H,22,26). The Morgan fingerprint density at radius 1 is 0.929 bits per heavy atom. The van der Waals surface area contributed by atoms with Gasteiger partial charge in [0.25, 0.3) is 5.91 Å². The predicted octanol–water partition coefficient (Wildman–Crippen LogP) is 2.53. The molecule has 0 radical (unpaired) electrons. The second kappa shape index (κ2) is 10.9. The highest BCUT2D eigenvalue weighted by molar-refractivity contribution is 5.96. The Bertz CT molecular complexity index is 695. The smallest absolute Gasteiger partial charge is 0.426 e. The molecule has 0 aromatic heterocycles. The van der Waals surface area contributed by atoms with Gasteiger partial charge in [-0.05, 0) is 57.9 Å². The molecular weight excluding hydrogens is 366 g/mol. The van der Waals surface area contributed by atoms with Crippen molar-refractivity contribution in [3.63, 3.8) is 0 Å². The number of hydrazine groups is 1. The Balaban J connectivity index is 2.39. The molecule has 154 valence electrons. The number of benzene rings is 1. The van der Waals surface area contributed by atoms with Gasteiger partial charge in [0.15, 0.2) is 0 Å². The summed E-state index contributed by atoms with van der Waals surface area (Å²) in [7, 11) is 1.33. The number of esters is 1. The largest absolute Gasteiger partial charge is 0.469 e. The molecule has 0 saturated heterocycles. The van der Waals surface area contributed by atoms with Gasteiger partial charge in [0.1, 0.15) is 5.60 Å². The Morgan fingerprint density at radius 3 is 2.11 bits per heavy atom. The zero-order valence-corrected chi connectivity index (χ0v) is 16.6. The number of unbranched alkanes of at least 4 members (excludes halogenated alkanes) is 1. The number of ether oxygens (including phenoxy) is 2. The first kappa shape index (κ1) is 22.9. The monoisotopic (exact) mass is 393 g/mol. The van der Waals surface area contributed by atoms with Gasteiger partial charge in [-0.2, -0.15) is 0 Å². The molecule has 3 amide bonds. The molecule has 1 rings (SSSR count). The van der Waals surface area contributed by atoms with Crippen LogP contribution in [0.4, 0.5) is 10.5 Å². The molecule has 0 aliphatic rings. The highest BCUT2D eigenvalue weighted by atomic mass is 16.6. The lowest BCUT2D eigenvalue weighted by Crippen LogP contribution is -2.44. The van der Waals surface area contributed by atoms with Gasteiger partial charge in [-0.1, -0.05) is 0 Å². The quantitative estimate of drug-likeness (QED) is 0.372. The molecule has 0 unspecified atom stereocenters. The van der Waals surface area contributed by atoms with Gasteiger partial charge in [0.05, 0.1) is 7.11 Å². The first-order valence-electron chi connectivity index (χ1n) is 8.87. The zero-order valence-electron chi connectivity index (χ0n) is 16.6. The Labute approximate surface area is 164 Å². The van der Waals surface area contributed by atoms with E-state index in [0.717, 1.165) is 0 Å². The van der Waals surface area contributed by atoms with Gasteiger partial charge in [0.2, 0.25) is 5.91 Å². The minimum absolute atomic E-state index is 0.186. The van der Waals surface area contributed by atoms with E-state index in [9.17, 15) is 19.2 Å². The van der Waals surface area contributed by atoms with Crippen molar-refractivity contribution in [1.29, 1.82) is 0 Å². The molecule has 9 nitrogen and oxygen atoms in total. The Hall–Kier alpha value is -3.10. The SMILES string of the molecule is COC(=O)CCCCC(=O)Nc1ccc(C(=O)NNC(=O)OC(C)(C)C)cc1. The number of hydrogen-bond donors (Lipinski definition) is 3. The van der Waals surface area contributed by atoms with Gasteiger partial charge in [-0.15, -0.1) is 0 Å². The summed E-state index contributed by atoms with van der Waals surface area (Å²) >= 11 is 0. The van der Waals surface area contributed by atoms with Gasteiger partial charge >= 0.3 is 12.1 Å². The van der Waals surface area contributed by atoms with E-state index in [1.54, 1.807) is 32.9 Å². The number of hydrogen-bond acceptors (Lipinski definition) is 6. The van der Waals surface area contributed by atoms with Crippen LogP contribution < -0.4 is 16.2 Å². The summed E-state index contributed by atoms with van der Waals surface area (Å²) in [6, 6.07) is 6.18. The molecule has 9 heteroatoms. The summed E-state index contributed by atoms with van der Waals surface area (Å²) in [4.78, 5) is 46.4. The summed E-state index contributed by atoms with van der Waals surface area (Å²) < 4.78 is 9.54. The fourth-order valence-corrected chi connectivity index (χ4v) is 2.07. The zero-order chi connectivity index (χ0) is 21.2. The molecule has 0 spiro atoms. The molecule has 0 fully saturated rings. The van der Waals surface area contributed by atoms with E-state index in [0.29, 0.717) is 24.1 Å². The van der Waals surface area contributed by atoms with Crippen LogP contribution in [0.25, 0.3) is 0 Å². The first-order chi connectivity index (χ1) is 13.1. The van der Waals surface area contributed by atoms with E-state index >= 15 is 0 Å². The van der Waals surface area contributed by atoms with E-state index in [1.165, 1.54) is 19.2 Å². The van der Waals surface area contributed by atoms with Crippen molar-refractivity contribution in [2.75, 3.05) is 12.4 Å². The fraction of sp³-hybridized carbons (Fsp3) is 0.474. The number of rotatable bonds is 7. The van der Waals surface area contributed by atoms with Crippen molar-refractivity contribution in [2.45, 2.75) is 52.1 Å². The summed E-state index contributed by atoms with van der Waals surface area (Å²) in [5.74, 6) is -1.00. The topological polar surface area (TPSA) is 123 Å². The lowest BCUT2D eigenvalue weighted by atomic mass is 10.1. The highest BCUT2D eigenvalue weighted by Crippen LogP contribution is 2.11. The molecule has 0 saturated carbocycles. The third-order valence-corrected chi connectivity index (χ3v) is 3.37. The van der Waals surface area contributed by atoms with Crippen molar-refractivity contribution >= 4 is 29.6 Å². The average Bonchev–Trinajstić information content (AvgIpc) is 2.62. The molecule has 1 aromatic carbocycles. The van der Waals surface area contributed by atoms with E-state index in [-0.39, 0.29) is 24.7 Å². The van der Waals surface area contributed by atoms with Crippen LogP contribution in [-0.4, -0.2) is 36.6 Å². The molecular formula is C19H27N3O6. The fourth-order valence-electron chi connectivity index (χ4n) is 2.07. The maximum absolute atomic E-state index is 12.0. The summed E-state index contributed by atoms with van der Waals surface area (Å²) in [5, 5.41) is 2.71. The lowest BCUT2D eigenvalue weighted by molar-refractivity contribution is -0.140. The third kappa shape index (κ3) is 9.56. The van der Waals surface area contributed by atoms with Gasteiger partial charge in [0, 0.05) is 24.1 Å². The molecule has 0 atom stereocenters. The molecule has 0 aliphatic carbocycles. The van der Waals surface area contributed by atoms with Crippen LogP contribution in [0.2, 0.25) is 0 Å². The highest BCUT2D eigenvalue weighted by Gasteiger charge is 2.16. The van der Waals surface area contributed by atoms with Gasteiger partial charge < -0.3 is 14.8 Å². The number of carbonyl (C=O) groups is 4. The third-order valence-electron chi connectivity index (χ3n) is 3.37. The van der Waals surface area contributed by atoms with Crippen LogP contribution in [0.1, 0.15) is 56.8 Å². The second-order valence-corrected chi connectivity index (χ2v) is 6.99. The van der Waals surface area contributed by atoms with Crippen molar-refractivity contribution in [3.05, 3.63) is 29.8 Å². The predicted molar refractivity (Wildman–Crippen MR) is 102 cm³/mol. The van der Waals surface area contributed by atoms with Crippen molar-refractivity contribution < 1.29 is 28.7 Å². The van der Waals surface area contributed by atoms with Crippen LogP contribution in [0.3, 0.4) is 0 Å². The van der Waals surface area contributed by atoms with Crippen LogP contribution >= 0.6 is 0 Å². The van der Waals surface area contributed by atoms with Crippen LogP contribution in [0, 0.1) is 0 Å². The van der Waals surface area contributed by atoms with Crippen molar-refractivity contribution in [2.24, 2.45) is 0 Å². The number of methoxy groups -OCH3 is 1. The molecule has 0 bridgehead atoms. The van der Waals surface area contributed by atoms with Gasteiger partial charge in [-0.3, -0.25) is 19.8 Å². The number of anilines is 1. The summed E-state index contributed by atoms with van der Waals surface area (Å²) in [5.41, 5.74) is 4.57. The second-order valence-electron chi connectivity index (χ2n) is 6.99. The lowest BCUT2D eigenvalue weighted by Gasteiger charge is -2.19. The molecule has 0 aliphatic heterocycles. The molecule has 0 heterocycles. The van der Waals surface area contributed by atoms with E-state index < -0.39 is 17.6 Å². The van der Waals surface area contributed by atoms with Crippen LogP contribution in [0.5, 0.6) is 0 Å². The van der Waals surface area contributed by atoms with Crippen molar-refractivity contribution in [3.8, 4) is 0 Å². The average molecular weight is 393 g/mol. The van der Waals surface area contributed by atoms with Crippen LogP contribution in [-0.2, 0) is 19.1 Å². The minimum Gasteiger partial charge on any atom is -0.469 e. The van der Waals surface area contributed by atoms with Crippen molar-refractivity contribution in [1.82, 2.24) is 10.9 Å². The maximum Gasteiger partial charge on any atom is 0.426 e. The van der Waals surface area contributed by atoms with E-state index in [4.69, 9.17) is 4.74 Å². The first-order valence-corrected chi connectivity index (χ1v) is 8.87. The number of nitrogens with one attached hydrogen (secondary N) is 3. The van der Waals surface area contributed by atoms with E-state index in [1.807, 2.05) is 0 Å².